The molecule has 26 heavy (non-hydrogen) atoms. The van der Waals surface area contributed by atoms with Crippen LogP contribution in [-0.4, -0.2) is 18.2 Å². The molecule has 1 N–H and O–H groups in total. The summed E-state index contributed by atoms with van der Waals surface area (Å²) >= 11 is 2.06. The Morgan fingerprint density at radius 1 is 1.08 bits per heavy atom. The normalized spacial score (nSPS) is 10.8. The molecule has 0 spiro atoms. The van der Waals surface area contributed by atoms with E-state index < -0.39 is 0 Å². The first-order valence-electron chi connectivity index (χ1n) is 8.83. The minimum absolute atomic E-state index is 0.0658. The van der Waals surface area contributed by atoms with Crippen molar-refractivity contribution >= 4 is 33.5 Å². The number of rotatable bonds is 8. The number of pyridine rings is 1. The molecule has 1 aromatic heterocycles. The number of aryl methyl sites for hydroxylation is 1. The fourth-order valence-corrected chi connectivity index (χ4v) is 3.24. The molecular formula is C21H22INO3. The van der Waals surface area contributed by atoms with Crippen LogP contribution in [0.3, 0.4) is 0 Å². The molecule has 0 radical (unpaired) electrons. The van der Waals surface area contributed by atoms with Crippen molar-refractivity contribution in [2.45, 2.75) is 26.2 Å². The third-order valence-electron chi connectivity index (χ3n) is 4.17. The number of aromatic nitrogens is 1. The van der Waals surface area contributed by atoms with Crippen LogP contribution < -0.4 is 14.9 Å². The average Bonchev–Trinajstić information content (AvgIpc) is 2.67. The van der Waals surface area contributed by atoms with Crippen LogP contribution >= 0.6 is 22.6 Å². The predicted octanol–water partition coefficient (Wildman–Crippen LogP) is 4.93. The first kappa shape index (κ1) is 18.8. The summed E-state index contributed by atoms with van der Waals surface area (Å²) in [5, 5.41) is 0.718. The molecule has 0 saturated carbocycles. The Kier molecular flexibility index (Phi) is 6.55. The van der Waals surface area contributed by atoms with Crippen molar-refractivity contribution in [3.63, 3.8) is 0 Å². The first-order valence-corrected chi connectivity index (χ1v) is 9.91. The molecule has 0 atom stereocenters. The molecule has 0 aliphatic carbocycles. The second kappa shape index (κ2) is 9.07. The summed E-state index contributed by atoms with van der Waals surface area (Å²) in [5.74, 6) is 1.65. The number of unbranched alkanes of at least 4 members (excludes halogenated alkanes) is 1. The van der Waals surface area contributed by atoms with Gasteiger partial charge >= 0.3 is 0 Å². The zero-order chi connectivity index (χ0) is 18.4. The molecule has 1 heterocycles. The van der Waals surface area contributed by atoms with Gasteiger partial charge in [0.25, 0.3) is 0 Å². The fraction of sp³-hybridized carbons (Fsp3) is 0.286. The van der Waals surface area contributed by atoms with Crippen LogP contribution in [0.2, 0.25) is 0 Å². The van der Waals surface area contributed by atoms with E-state index in [2.05, 4.69) is 34.5 Å². The van der Waals surface area contributed by atoms with Gasteiger partial charge in [0.05, 0.1) is 9.09 Å². The van der Waals surface area contributed by atoms with Crippen molar-refractivity contribution < 1.29 is 9.47 Å². The topological polar surface area (TPSA) is 51.3 Å². The van der Waals surface area contributed by atoms with Crippen LogP contribution in [0.25, 0.3) is 10.9 Å². The molecule has 0 saturated heterocycles. The lowest BCUT2D eigenvalue weighted by molar-refractivity contribution is 0.216. The lowest BCUT2D eigenvalue weighted by atomic mass is 10.0. The van der Waals surface area contributed by atoms with E-state index in [0.717, 1.165) is 47.2 Å². The number of para-hydroxylation sites is 1. The number of ether oxygens (including phenoxy) is 2. The molecule has 3 aromatic rings. The Morgan fingerprint density at radius 2 is 1.85 bits per heavy atom. The van der Waals surface area contributed by atoms with E-state index in [9.17, 15) is 4.79 Å². The van der Waals surface area contributed by atoms with Crippen LogP contribution in [0.1, 0.15) is 25.3 Å². The number of nitrogens with one attached hydrogen (secondary N) is 1. The van der Waals surface area contributed by atoms with Crippen LogP contribution in [0.15, 0.2) is 53.5 Å². The SMILES string of the molecule is CCCCc1cc2c(=O)c(I)c[nH]c2cc1OCCOc1ccccc1. The van der Waals surface area contributed by atoms with Crippen LogP contribution in [0.5, 0.6) is 11.5 Å². The molecule has 136 valence electrons. The number of H-pyrrole nitrogens is 1. The Balaban J connectivity index is 1.76. The quantitative estimate of drug-likeness (QED) is 0.381. The van der Waals surface area contributed by atoms with Gasteiger partial charge in [-0.05, 0) is 59.2 Å². The van der Waals surface area contributed by atoms with E-state index in [1.54, 1.807) is 6.20 Å². The van der Waals surface area contributed by atoms with Crippen LogP contribution in [-0.2, 0) is 6.42 Å². The molecule has 5 heteroatoms. The third-order valence-corrected chi connectivity index (χ3v) is 4.97. The molecule has 3 rings (SSSR count). The number of aromatic amines is 1. The van der Waals surface area contributed by atoms with E-state index in [-0.39, 0.29) is 5.43 Å². The molecule has 0 amide bonds. The molecular weight excluding hydrogens is 441 g/mol. The highest BCUT2D eigenvalue weighted by Crippen LogP contribution is 2.26. The fourth-order valence-electron chi connectivity index (χ4n) is 2.79. The predicted molar refractivity (Wildman–Crippen MR) is 113 cm³/mol. The maximum absolute atomic E-state index is 12.4. The second-order valence-electron chi connectivity index (χ2n) is 6.08. The lowest BCUT2D eigenvalue weighted by Gasteiger charge is -2.13. The third kappa shape index (κ3) is 4.58. The first-order chi connectivity index (χ1) is 12.7. The second-order valence-corrected chi connectivity index (χ2v) is 7.25. The van der Waals surface area contributed by atoms with E-state index in [1.165, 1.54) is 0 Å². The van der Waals surface area contributed by atoms with Crippen LogP contribution in [0.4, 0.5) is 0 Å². The smallest absolute Gasteiger partial charge is 0.202 e. The summed E-state index contributed by atoms with van der Waals surface area (Å²) in [5.41, 5.74) is 1.94. The van der Waals surface area contributed by atoms with Crippen molar-refractivity contribution in [2.75, 3.05) is 13.2 Å². The highest BCUT2D eigenvalue weighted by molar-refractivity contribution is 14.1. The van der Waals surface area contributed by atoms with Crippen molar-refractivity contribution in [3.8, 4) is 11.5 Å². The van der Waals surface area contributed by atoms with Crippen LogP contribution in [0, 0.1) is 3.57 Å². The highest BCUT2D eigenvalue weighted by Gasteiger charge is 2.10. The maximum Gasteiger partial charge on any atom is 0.202 e. The number of benzene rings is 2. The number of hydrogen-bond acceptors (Lipinski definition) is 3. The monoisotopic (exact) mass is 463 g/mol. The van der Waals surface area contributed by atoms with E-state index in [0.29, 0.717) is 16.8 Å². The molecule has 0 fully saturated rings. The zero-order valence-corrected chi connectivity index (χ0v) is 16.9. The van der Waals surface area contributed by atoms with Gasteiger partial charge in [-0.2, -0.15) is 0 Å². The molecule has 0 aliphatic heterocycles. The van der Waals surface area contributed by atoms with Gasteiger partial charge in [0.15, 0.2) is 0 Å². The Hall–Kier alpha value is -2.02. The van der Waals surface area contributed by atoms with Gasteiger partial charge in [0, 0.05) is 17.6 Å². The van der Waals surface area contributed by atoms with E-state index in [1.807, 2.05) is 42.5 Å². The average molecular weight is 463 g/mol. The largest absolute Gasteiger partial charge is 0.490 e. The van der Waals surface area contributed by atoms with Crippen molar-refractivity contribution in [1.82, 2.24) is 4.98 Å². The van der Waals surface area contributed by atoms with Gasteiger partial charge in [0.2, 0.25) is 5.43 Å². The van der Waals surface area contributed by atoms with Crippen molar-refractivity contribution in [1.29, 1.82) is 0 Å². The van der Waals surface area contributed by atoms with Gasteiger partial charge in [-0.3, -0.25) is 4.79 Å². The van der Waals surface area contributed by atoms with E-state index in [4.69, 9.17) is 9.47 Å². The zero-order valence-electron chi connectivity index (χ0n) is 14.8. The highest BCUT2D eigenvalue weighted by atomic mass is 127. The number of hydrogen-bond donors (Lipinski definition) is 1. The summed E-state index contributed by atoms with van der Waals surface area (Å²) in [6, 6.07) is 13.6. The Morgan fingerprint density at radius 3 is 2.62 bits per heavy atom. The van der Waals surface area contributed by atoms with E-state index >= 15 is 0 Å². The van der Waals surface area contributed by atoms with Gasteiger partial charge in [-0.25, -0.2) is 0 Å². The van der Waals surface area contributed by atoms with Gasteiger partial charge < -0.3 is 14.5 Å². The molecule has 0 aliphatic rings. The van der Waals surface area contributed by atoms with Gasteiger partial charge in [0.1, 0.15) is 24.7 Å². The summed E-state index contributed by atoms with van der Waals surface area (Å²) in [6.45, 7) is 3.08. The summed E-state index contributed by atoms with van der Waals surface area (Å²) < 4.78 is 12.4. The van der Waals surface area contributed by atoms with Gasteiger partial charge in [-0.15, -0.1) is 0 Å². The standard InChI is InChI=1S/C21H22INO3/c1-2-3-7-15-12-17-19(23-14-18(22)21(17)24)13-20(15)26-11-10-25-16-8-5-4-6-9-16/h4-6,8-9,12-14H,2-3,7,10-11H2,1H3,(H,23,24). The number of halogens is 1. The minimum Gasteiger partial charge on any atom is -0.490 e. The molecule has 4 nitrogen and oxygen atoms in total. The van der Waals surface area contributed by atoms with Gasteiger partial charge in [-0.1, -0.05) is 31.5 Å². The van der Waals surface area contributed by atoms with Crippen molar-refractivity contribution in [3.05, 3.63) is 68.0 Å². The summed E-state index contributed by atoms with van der Waals surface area (Å²) in [4.78, 5) is 15.6. The Bertz CT molecular complexity index is 922. The van der Waals surface area contributed by atoms with Crippen molar-refractivity contribution in [2.24, 2.45) is 0 Å². The molecule has 2 aromatic carbocycles. The summed E-state index contributed by atoms with van der Waals surface area (Å²) in [6.07, 6.45) is 4.78. The number of fused-ring (bicyclic) bond motifs is 1. The summed E-state index contributed by atoms with van der Waals surface area (Å²) in [7, 11) is 0. The molecule has 0 unspecified atom stereocenters. The minimum atomic E-state index is 0.0658. The Labute approximate surface area is 166 Å². The maximum atomic E-state index is 12.4. The lowest BCUT2D eigenvalue weighted by Crippen LogP contribution is -2.11. The molecule has 0 bridgehead atoms.